The fourth-order valence-corrected chi connectivity index (χ4v) is 16.9. The molecule has 2 heterocycles. The molecule has 0 bridgehead atoms. The third-order valence-electron chi connectivity index (χ3n) is 21.0. The maximum Gasteiger partial charge on any atom is 0.143 e. The summed E-state index contributed by atoms with van der Waals surface area (Å²) in [4.78, 5) is 0. The third kappa shape index (κ3) is 7.64. The van der Waals surface area contributed by atoms with Gasteiger partial charge in [-0.25, -0.2) is 0 Å². The highest BCUT2D eigenvalue weighted by Gasteiger charge is 2.25. The first-order valence-electron chi connectivity index (χ1n) is 33.2. The van der Waals surface area contributed by atoms with Gasteiger partial charge in [0.2, 0.25) is 0 Å². The molecule has 0 amide bonds. The molecule has 96 heavy (non-hydrogen) atoms. The van der Waals surface area contributed by atoms with Crippen molar-refractivity contribution in [3.05, 3.63) is 328 Å². The molecule has 442 valence electrons. The first-order valence-corrected chi connectivity index (χ1v) is 33.2. The average Bonchev–Trinajstić information content (AvgIpc) is 1.32. The summed E-state index contributed by atoms with van der Waals surface area (Å²) in [5.74, 6) is 0. The minimum Gasteiger partial charge on any atom is -0.455 e. The number of hydrogen-bond donors (Lipinski definition) is 0. The van der Waals surface area contributed by atoms with Crippen LogP contribution < -0.4 is 0 Å². The average molecular weight is 1220 g/mol. The summed E-state index contributed by atoms with van der Waals surface area (Å²) in [7, 11) is 0. The Morgan fingerprint density at radius 1 is 0.156 bits per heavy atom. The molecule has 2 nitrogen and oxygen atoms in total. The van der Waals surface area contributed by atoms with Gasteiger partial charge in [-0.05, 0) is 201 Å². The minimum atomic E-state index is 0.867. The van der Waals surface area contributed by atoms with Crippen molar-refractivity contribution in [1.82, 2.24) is 0 Å². The monoisotopic (exact) mass is 1210 g/mol. The lowest BCUT2D eigenvalue weighted by Gasteiger charge is -2.20. The van der Waals surface area contributed by atoms with Crippen LogP contribution in [0.5, 0.6) is 0 Å². The lowest BCUT2D eigenvalue weighted by atomic mass is 9.83. The molecule has 0 spiro atoms. The molecule has 21 rings (SSSR count). The number of benzene rings is 19. The smallest absolute Gasteiger partial charge is 0.143 e. The van der Waals surface area contributed by atoms with Crippen molar-refractivity contribution < 1.29 is 8.83 Å². The first kappa shape index (κ1) is 52.9. The van der Waals surface area contributed by atoms with E-state index in [0.29, 0.717) is 0 Å². The zero-order chi connectivity index (χ0) is 62.7. The summed E-state index contributed by atoms with van der Waals surface area (Å²) in [6.45, 7) is 0. The zero-order valence-corrected chi connectivity index (χ0v) is 52.0. The van der Waals surface area contributed by atoms with E-state index >= 15 is 0 Å². The van der Waals surface area contributed by atoms with Crippen molar-refractivity contribution in [3.8, 4) is 66.8 Å². The molecule has 0 N–H and O–H groups in total. The molecule has 0 aliphatic heterocycles. The normalized spacial score (nSPS) is 12.2. The summed E-state index contributed by atoms with van der Waals surface area (Å²) in [6.07, 6.45) is 0. The molecule has 0 aliphatic carbocycles. The van der Waals surface area contributed by atoms with Gasteiger partial charge in [0, 0.05) is 37.7 Å². The first-order chi connectivity index (χ1) is 47.6. The van der Waals surface area contributed by atoms with Gasteiger partial charge in [-0.3, -0.25) is 0 Å². The van der Waals surface area contributed by atoms with E-state index in [1.165, 1.54) is 147 Å². The van der Waals surface area contributed by atoms with E-state index in [2.05, 4.69) is 328 Å². The second kappa shape index (κ2) is 20.4. The van der Waals surface area contributed by atoms with Crippen LogP contribution in [-0.2, 0) is 0 Å². The Kier molecular flexibility index (Phi) is 11.3. The summed E-state index contributed by atoms with van der Waals surface area (Å²) in [6, 6.07) is 121. The standard InChI is InChI=1S/C94H54O2/c1-2-22-55(23-3-1)56-24-20-25-58(50-56)86-69-31-9-11-33-71(69)87(72-34-12-10-32-70(72)86)59-46-49-81-85(54-59)96-94-82-43-21-42-63(89(82)77-39-17-18-40-78(77)92(81)94)57-44-47-62-61(51-57)52-83(67-29-5-4-26-64(62)67)90-75-37-15-13-35-73(75)88(74-36-14-16-38-76(74)90)60-45-48-80-84(53-60)95-93-79-41-19-7-28-66(79)65-27-6-8-30-68(65)91(80)93/h1-54H. The molecular weight excluding hydrogens is 1160 g/mol. The van der Waals surface area contributed by atoms with Gasteiger partial charge in [-0.1, -0.05) is 285 Å². The predicted molar refractivity (Wildman–Crippen MR) is 409 cm³/mol. The Morgan fingerprint density at radius 3 is 1.05 bits per heavy atom. The SMILES string of the molecule is c1ccc(-c2cccc(-c3c4ccccc4c(-c4ccc5c(c4)oc4c6cccc(-c7ccc8c(c7)cc(-c7c9ccccc9c(-c9ccc%10c(c9)oc9c%11ccccc%11c%11ccccc%11c%109)c9ccccc79)c7ccccc78)c6c6ccccc6c54)c4ccccc34)c2)cc1. The van der Waals surface area contributed by atoms with Crippen molar-refractivity contribution in [1.29, 1.82) is 0 Å². The van der Waals surface area contributed by atoms with Gasteiger partial charge in [0.1, 0.15) is 22.3 Å². The molecule has 0 radical (unpaired) electrons. The van der Waals surface area contributed by atoms with Gasteiger partial charge in [-0.15, -0.1) is 0 Å². The largest absolute Gasteiger partial charge is 0.455 e. The van der Waals surface area contributed by atoms with E-state index in [1.807, 2.05) is 0 Å². The number of hydrogen-bond acceptors (Lipinski definition) is 2. The van der Waals surface area contributed by atoms with Crippen LogP contribution in [0.2, 0.25) is 0 Å². The van der Waals surface area contributed by atoms with Gasteiger partial charge in [-0.2, -0.15) is 0 Å². The van der Waals surface area contributed by atoms with Crippen molar-refractivity contribution in [2.75, 3.05) is 0 Å². The van der Waals surface area contributed by atoms with Gasteiger partial charge in [0.25, 0.3) is 0 Å². The highest BCUT2D eigenvalue weighted by molar-refractivity contribution is 6.35. The Hall–Kier alpha value is -12.6. The Labute approximate surface area is 551 Å². The molecule has 0 unspecified atom stereocenters. The Bertz CT molecular complexity index is 6830. The molecule has 0 fully saturated rings. The van der Waals surface area contributed by atoms with Crippen LogP contribution in [-0.4, -0.2) is 0 Å². The molecule has 0 aliphatic rings. The quantitative estimate of drug-likeness (QED) is 0.123. The Morgan fingerprint density at radius 2 is 0.510 bits per heavy atom. The number of furan rings is 2. The van der Waals surface area contributed by atoms with E-state index in [4.69, 9.17) is 8.83 Å². The summed E-state index contributed by atoms with van der Waals surface area (Å²) in [5.41, 5.74) is 17.8. The topological polar surface area (TPSA) is 26.3 Å². The zero-order valence-electron chi connectivity index (χ0n) is 52.0. The van der Waals surface area contributed by atoms with Crippen molar-refractivity contribution in [2.45, 2.75) is 0 Å². The maximum atomic E-state index is 7.34. The minimum absolute atomic E-state index is 0.867. The van der Waals surface area contributed by atoms with E-state index in [-0.39, 0.29) is 0 Å². The van der Waals surface area contributed by atoms with Gasteiger partial charge >= 0.3 is 0 Å². The van der Waals surface area contributed by atoms with E-state index in [1.54, 1.807) is 0 Å². The van der Waals surface area contributed by atoms with Crippen LogP contribution >= 0.6 is 0 Å². The predicted octanol–water partition coefficient (Wildman–Crippen LogP) is 27.0. The van der Waals surface area contributed by atoms with Crippen molar-refractivity contribution in [2.24, 2.45) is 0 Å². The van der Waals surface area contributed by atoms with Crippen LogP contribution in [0, 0.1) is 0 Å². The molecule has 2 heteroatoms. The van der Waals surface area contributed by atoms with Crippen LogP contribution in [0.3, 0.4) is 0 Å². The fraction of sp³-hybridized carbons (Fsp3) is 0. The van der Waals surface area contributed by atoms with Crippen molar-refractivity contribution >= 4 is 152 Å². The lowest BCUT2D eigenvalue weighted by molar-refractivity contribution is 0.672. The molecule has 21 aromatic rings. The number of fused-ring (bicyclic) bond motifs is 23. The van der Waals surface area contributed by atoms with E-state index in [0.717, 1.165) is 71.3 Å². The highest BCUT2D eigenvalue weighted by Crippen LogP contribution is 2.52. The van der Waals surface area contributed by atoms with E-state index < -0.39 is 0 Å². The summed E-state index contributed by atoms with van der Waals surface area (Å²) < 4.78 is 14.4. The molecular formula is C94H54O2. The summed E-state index contributed by atoms with van der Waals surface area (Å²) in [5, 5.41) is 28.5. The van der Waals surface area contributed by atoms with E-state index in [9.17, 15) is 0 Å². The fourth-order valence-electron chi connectivity index (χ4n) is 16.9. The van der Waals surface area contributed by atoms with Crippen LogP contribution in [0.25, 0.3) is 218 Å². The maximum absolute atomic E-state index is 7.34. The van der Waals surface area contributed by atoms with Crippen LogP contribution in [0.4, 0.5) is 0 Å². The molecule has 0 saturated heterocycles. The third-order valence-corrected chi connectivity index (χ3v) is 21.0. The molecule has 2 aromatic heterocycles. The molecule has 19 aromatic carbocycles. The molecule has 0 atom stereocenters. The highest BCUT2D eigenvalue weighted by atomic mass is 16.3. The van der Waals surface area contributed by atoms with Crippen molar-refractivity contribution in [3.63, 3.8) is 0 Å². The second-order valence-corrected chi connectivity index (χ2v) is 25.9. The molecule has 0 saturated carbocycles. The van der Waals surface area contributed by atoms with Crippen LogP contribution in [0.1, 0.15) is 0 Å². The number of rotatable bonds is 6. The van der Waals surface area contributed by atoms with Crippen LogP contribution in [0.15, 0.2) is 336 Å². The lowest BCUT2D eigenvalue weighted by Crippen LogP contribution is -1.92. The second-order valence-electron chi connectivity index (χ2n) is 25.9. The van der Waals surface area contributed by atoms with Gasteiger partial charge < -0.3 is 8.83 Å². The summed E-state index contributed by atoms with van der Waals surface area (Å²) >= 11 is 0. The van der Waals surface area contributed by atoms with Gasteiger partial charge in [0.15, 0.2) is 0 Å². The van der Waals surface area contributed by atoms with Gasteiger partial charge in [0.05, 0.1) is 0 Å². The Balaban J connectivity index is 0.729.